The van der Waals surface area contributed by atoms with E-state index in [0.717, 1.165) is 69.7 Å². The van der Waals surface area contributed by atoms with E-state index in [1.54, 1.807) is 0 Å². The van der Waals surface area contributed by atoms with Crippen molar-refractivity contribution in [3.05, 3.63) is 106 Å². The molecule has 4 nitrogen and oxygen atoms in total. The van der Waals surface area contributed by atoms with Crippen LogP contribution in [0, 0.1) is 0 Å². The van der Waals surface area contributed by atoms with E-state index in [9.17, 15) is 0 Å². The number of halogens is 3. The number of nitrogens with zero attached hydrogens (tertiary/aromatic N) is 2. The Labute approximate surface area is 286 Å². The average molecular weight is 742 g/mol. The van der Waals surface area contributed by atoms with Gasteiger partial charge in [-0.05, 0) is 74.8 Å². The Morgan fingerprint density at radius 3 is 2.32 bits per heavy atom. The molecular weight excluding hydrogens is 696 g/mol. The number of hydrogen-bond donors (Lipinski definition) is 2. The molecule has 0 saturated heterocycles. The minimum atomic E-state index is -0.0726. The van der Waals surface area contributed by atoms with Gasteiger partial charge in [-0.3, -0.25) is 8.69 Å². The molecule has 0 atom stereocenters. The van der Waals surface area contributed by atoms with E-state index >= 15 is 0 Å². The first kappa shape index (κ1) is 33.4. The van der Waals surface area contributed by atoms with E-state index in [1.807, 2.05) is 0 Å². The number of allylic oxidation sites excluding steroid dienone is 8. The fourth-order valence-corrected chi connectivity index (χ4v) is 7.97. The van der Waals surface area contributed by atoms with Crippen LogP contribution in [0.1, 0.15) is 77.3 Å². The molecule has 2 N–H and O–H groups in total. The maximum atomic E-state index is 7.20. The van der Waals surface area contributed by atoms with E-state index in [4.69, 9.17) is 11.6 Å². The zero-order valence-corrected chi connectivity index (χ0v) is 30.5. The van der Waals surface area contributed by atoms with Gasteiger partial charge < -0.3 is 4.90 Å². The third-order valence-electron chi connectivity index (χ3n) is 9.50. The lowest BCUT2D eigenvalue weighted by Gasteiger charge is -2.27. The molecule has 0 fully saturated rings. The lowest BCUT2D eigenvalue weighted by Crippen LogP contribution is -2.28. The maximum absolute atomic E-state index is 7.20. The van der Waals surface area contributed by atoms with Crippen molar-refractivity contribution in [1.29, 1.82) is 0 Å². The van der Waals surface area contributed by atoms with E-state index < -0.39 is 0 Å². The molecule has 2 heterocycles. The molecule has 7 heteroatoms. The van der Waals surface area contributed by atoms with E-state index in [1.165, 1.54) is 45.1 Å². The number of hydrogen-bond acceptors (Lipinski definition) is 3. The maximum Gasteiger partial charge on any atom is 0.209 e. The van der Waals surface area contributed by atoms with Gasteiger partial charge in [-0.15, -0.1) is 0 Å². The Hall–Kier alpha value is -1.96. The highest BCUT2D eigenvalue weighted by Crippen LogP contribution is 2.48. The summed E-state index contributed by atoms with van der Waals surface area (Å²) in [5.41, 5.74) is 10.4. The van der Waals surface area contributed by atoms with Crippen molar-refractivity contribution >= 4 is 61.0 Å². The zero-order chi connectivity index (χ0) is 31.3. The summed E-state index contributed by atoms with van der Waals surface area (Å²) in [4.78, 5) is 2.53. The van der Waals surface area contributed by atoms with Crippen LogP contribution >= 0.6 is 43.9 Å². The van der Waals surface area contributed by atoms with Crippen LogP contribution in [0.25, 0.3) is 0 Å². The smallest absolute Gasteiger partial charge is 0.209 e. The van der Waals surface area contributed by atoms with E-state index in [2.05, 4.69) is 151 Å². The van der Waals surface area contributed by atoms with Crippen molar-refractivity contribution in [3.8, 4) is 0 Å². The van der Waals surface area contributed by atoms with Crippen LogP contribution in [0.15, 0.2) is 94.7 Å². The molecule has 5 rings (SSSR count). The van der Waals surface area contributed by atoms with Crippen LogP contribution in [-0.4, -0.2) is 36.5 Å². The summed E-state index contributed by atoms with van der Waals surface area (Å²) in [6, 6.07) is 17.7. The molecule has 2 aliphatic heterocycles. The second kappa shape index (κ2) is 14.6. The summed E-state index contributed by atoms with van der Waals surface area (Å²) in [7, 11) is 0. The molecular formula is C37H46Br2ClN4+. The molecule has 0 radical (unpaired) electrons. The molecule has 234 valence electrons. The van der Waals surface area contributed by atoms with Crippen LogP contribution in [0.3, 0.4) is 0 Å². The quantitative estimate of drug-likeness (QED) is 0.129. The predicted octanol–water partition coefficient (Wildman–Crippen LogP) is 9.87. The van der Waals surface area contributed by atoms with Gasteiger partial charge in [-0.25, -0.2) is 0 Å². The molecule has 3 aliphatic rings. The second-order valence-electron chi connectivity index (χ2n) is 13.1. The lowest BCUT2D eigenvalue weighted by atomic mass is 9.81. The van der Waals surface area contributed by atoms with Crippen molar-refractivity contribution in [2.45, 2.75) is 77.0 Å². The predicted molar refractivity (Wildman–Crippen MR) is 196 cm³/mol. The molecule has 0 bridgehead atoms. The van der Waals surface area contributed by atoms with Crippen molar-refractivity contribution in [2.24, 2.45) is 0 Å². The number of rotatable bonds is 12. The number of unbranched alkanes of at least 4 members (excludes halogenated alkanes) is 1. The Bertz CT molecular complexity index is 1510. The van der Waals surface area contributed by atoms with Gasteiger partial charge >= 0.3 is 0 Å². The van der Waals surface area contributed by atoms with Crippen LogP contribution < -0.4 is 13.6 Å². The minimum Gasteiger partial charge on any atom is -0.344 e. The molecule has 2 aromatic carbocycles. The van der Waals surface area contributed by atoms with E-state index in [0.29, 0.717) is 0 Å². The standard InChI is InChI=1S/C37H46Br2ClN4/c1-36(2)29-15-5-7-17-31(29)43(25-10-9-23-41-38)33(36)21-19-27-13-11-14-28(35(27)40)20-22-34-37(3,4)30-16-6-8-18-32(30)44(34)26-12-24-42-39/h5-8,15-22,41-42H,9-14,23-26H2,1-4H3/q+1. The first-order valence-corrected chi connectivity index (χ1v) is 17.9. The summed E-state index contributed by atoms with van der Waals surface area (Å²) < 4.78 is 8.72. The highest BCUT2D eigenvalue weighted by Gasteiger charge is 2.44. The van der Waals surface area contributed by atoms with Gasteiger partial charge in [0, 0.05) is 97.9 Å². The molecule has 0 spiro atoms. The Balaban J connectivity index is 1.45. The normalized spacial score (nSPS) is 20.8. The van der Waals surface area contributed by atoms with E-state index in [-0.39, 0.29) is 10.8 Å². The van der Waals surface area contributed by atoms with Crippen LogP contribution in [-0.2, 0) is 10.8 Å². The monoisotopic (exact) mass is 739 g/mol. The molecule has 0 amide bonds. The number of anilines is 1. The van der Waals surface area contributed by atoms with Crippen LogP contribution in [0.5, 0.6) is 0 Å². The Morgan fingerprint density at radius 1 is 0.841 bits per heavy atom. The molecule has 0 saturated carbocycles. The molecule has 2 aromatic rings. The van der Waals surface area contributed by atoms with Gasteiger partial charge in [-0.1, -0.05) is 74.0 Å². The third-order valence-corrected chi connectivity index (χ3v) is 10.8. The van der Waals surface area contributed by atoms with Crippen LogP contribution in [0.2, 0.25) is 0 Å². The Kier molecular flexibility index (Phi) is 11.1. The SMILES string of the molecule is CC1(C)C(=CC=C2CCCC(C=CC3=[N+](CCCNBr)c4ccccc4C3(C)C)=C2Cl)N(CCCCNBr)c2ccccc21. The van der Waals surface area contributed by atoms with Crippen molar-refractivity contribution in [2.75, 3.05) is 31.1 Å². The molecule has 44 heavy (non-hydrogen) atoms. The van der Waals surface area contributed by atoms with Crippen molar-refractivity contribution < 1.29 is 4.58 Å². The average Bonchev–Trinajstić information content (AvgIpc) is 3.37. The summed E-state index contributed by atoms with van der Waals surface area (Å²) in [5, 5.41) is 0.913. The van der Waals surface area contributed by atoms with Gasteiger partial charge in [0.05, 0.1) is 5.41 Å². The second-order valence-corrected chi connectivity index (χ2v) is 14.6. The first-order chi connectivity index (χ1) is 21.2. The Morgan fingerprint density at radius 2 is 1.55 bits per heavy atom. The summed E-state index contributed by atoms with van der Waals surface area (Å²) in [6.07, 6.45) is 15.7. The van der Waals surface area contributed by atoms with Crippen molar-refractivity contribution in [1.82, 2.24) is 8.69 Å². The molecule has 0 unspecified atom stereocenters. The number of nitrogens with one attached hydrogen (secondary N) is 2. The number of fused-ring (bicyclic) bond motifs is 2. The van der Waals surface area contributed by atoms with Gasteiger partial charge in [0.2, 0.25) is 5.69 Å². The van der Waals surface area contributed by atoms with Gasteiger partial charge in [0.15, 0.2) is 12.3 Å². The molecule has 1 aliphatic carbocycles. The minimum absolute atomic E-state index is 0.0670. The topological polar surface area (TPSA) is 30.3 Å². The number of benzene rings is 2. The van der Waals surface area contributed by atoms with Crippen molar-refractivity contribution in [3.63, 3.8) is 0 Å². The van der Waals surface area contributed by atoms with Gasteiger partial charge in [-0.2, -0.15) is 4.58 Å². The summed E-state index contributed by atoms with van der Waals surface area (Å²) in [5.74, 6) is 0. The lowest BCUT2D eigenvalue weighted by molar-refractivity contribution is -0.437. The highest BCUT2D eigenvalue weighted by molar-refractivity contribution is 9.08. The van der Waals surface area contributed by atoms with Crippen LogP contribution in [0.4, 0.5) is 11.4 Å². The fourth-order valence-electron chi connectivity index (χ4n) is 7.10. The van der Waals surface area contributed by atoms with Gasteiger partial charge in [0.1, 0.15) is 0 Å². The summed E-state index contributed by atoms with van der Waals surface area (Å²) >= 11 is 13.9. The largest absolute Gasteiger partial charge is 0.344 e. The molecule has 0 aromatic heterocycles. The third kappa shape index (κ3) is 6.76. The summed E-state index contributed by atoms with van der Waals surface area (Å²) in [6.45, 7) is 13.2. The first-order valence-electron chi connectivity index (χ1n) is 16.0. The fraction of sp³-hybridized carbons (Fsp3) is 0.432. The highest BCUT2D eigenvalue weighted by atomic mass is 79.9. The zero-order valence-electron chi connectivity index (χ0n) is 26.5. The van der Waals surface area contributed by atoms with Gasteiger partial charge in [0.25, 0.3) is 0 Å². The number of para-hydroxylation sites is 2.